The molecule has 146 heavy (non-hydrogen) atoms. The van der Waals surface area contributed by atoms with Crippen molar-refractivity contribution >= 4 is 183 Å². The molecule has 0 atom stereocenters. The van der Waals surface area contributed by atoms with Crippen molar-refractivity contribution in [2.24, 2.45) is 0 Å². The molecule has 0 unspecified atom stereocenters. The highest BCUT2D eigenvalue weighted by Crippen LogP contribution is 2.49. The van der Waals surface area contributed by atoms with Crippen molar-refractivity contribution in [2.45, 2.75) is 0 Å². The van der Waals surface area contributed by atoms with E-state index in [1.165, 1.54) is 206 Å². The summed E-state index contributed by atoms with van der Waals surface area (Å²) >= 11 is 0. The zero-order chi connectivity index (χ0) is 96.5. The highest BCUT2D eigenvalue weighted by atomic mass is 14.9. The van der Waals surface area contributed by atoms with Gasteiger partial charge in [-0.1, -0.05) is 443 Å². The van der Waals surface area contributed by atoms with Crippen molar-refractivity contribution in [1.29, 1.82) is 0 Å². The zero-order valence-electron chi connectivity index (χ0n) is 79.5. The molecule has 0 aliphatic heterocycles. The largest absolute Gasteiger partial charge is 0.256 e. The average molecular weight is 1850 g/mol. The number of nitrogens with zero attached hydrogens (tertiary/aromatic N) is 6. The van der Waals surface area contributed by atoms with Crippen LogP contribution in [0.5, 0.6) is 0 Å². The predicted molar refractivity (Wildman–Crippen MR) is 619 cm³/mol. The van der Waals surface area contributed by atoms with Gasteiger partial charge in [-0.25, -0.2) is 19.9 Å². The van der Waals surface area contributed by atoms with E-state index in [4.69, 9.17) is 29.9 Å². The van der Waals surface area contributed by atoms with E-state index >= 15 is 0 Å². The van der Waals surface area contributed by atoms with Gasteiger partial charge >= 0.3 is 0 Å². The van der Waals surface area contributed by atoms with Crippen LogP contribution in [-0.2, 0) is 0 Å². The first-order valence-corrected chi connectivity index (χ1v) is 49.8. The van der Waals surface area contributed by atoms with Gasteiger partial charge < -0.3 is 0 Å². The Morgan fingerprint density at radius 3 is 0.966 bits per heavy atom. The van der Waals surface area contributed by atoms with E-state index in [0.29, 0.717) is 0 Å². The van der Waals surface area contributed by atoms with Crippen LogP contribution in [0, 0.1) is 0 Å². The van der Waals surface area contributed by atoms with E-state index in [0.717, 1.165) is 78.8 Å². The van der Waals surface area contributed by atoms with Crippen LogP contribution in [0.1, 0.15) is 0 Å². The fraction of sp³-hybridized carbons (Fsp3) is 0. The number of benzene rings is 26. The van der Waals surface area contributed by atoms with Gasteiger partial charge in [0.1, 0.15) is 0 Å². The number of hydrogen-bond acceptors (Lipinski definition) is 6. The van der Waals surface area contributed by atoms with Crippen LogP contribution in [0.2, 0.25) is 0 Å². The molecule has 6 nitrogen and oxygen atoms in total. The molecule has 0 amide bonds. The summed E-state index contributed by atoms with van der Waals surface area (Å²) in [5.41, 5.74) is 17.3. The lowest BCUT2D eigenvalue weighted by atomic mass is 9.86. The van der Waals surface area contributed by atoms with Crippen molar-refractivity contribution < 1.29 is 0 Å². The maximum atomic E-state index is 5.03. The van der Waals surface area contributed by atoms with Crippen molar-refractivity contribution in [1.82, 2.24) is 29.9 Å². The second-order valence-electron chi connectivity index (χ2n) is 37.7. The van der Waals surface area contributed by atoms with Gasteiger partial charge in [0.05, 0.1) is 22.8 Å². The van der Waals surface area contributed by atoms with Crippen molar-refractivity contribution in [3.63, 3.8) is 0 Å². The number of hydrogen-bond donors (Lipinski definition) is 0. The van der Waals surface area contributed by atoms with E-state index in [2.05, 4.69) is 467 Å². The molecule has 678 valence electrons. The Labute approximate surface area is 842 Å². The van der Waals surface area contributed by atoms with Gasteiger partial charge in [0.2, 0.25) is 0 Å². The first-order valence-electron chi connectivity index (χ1n) is 49.8. The Balaban J connectivity index is 0.0000000971. The SMILES string of the molecule is c1ccc(-c2cc(-c3ccc4ccc5c6ccccc6ccc5c4c3)nc(-c3ccccc3)n2)cc1.c1ccc(-c2ccnc(-c3cc4c5ccccc5c5cc6ccccc6cc5c4c4ccccc34)c2)cc1.c1ccc(-c2ccnc(-c3cc4c5ccccc5ccc4c4ccccc34)c2)cc1.c1ccc2c(-c3ncc(-c4ccc5c6ccccc6c6c7ccccc7c7ccccc7c6c5c4)cn3)cccc2c1. The van der Waals surface area contributed by atoms with Crippen LogP contribution in [0.25, 0.3) is 284 Å². The average Bonchev–Trinajstić information content (AvgIpc) is 0.709. The summed E-state index contributed by atoms with van der Waals surface area (Å²) in [6.07, 6.45) is 7.77. The standard InChI is InChI=1S/C40H24N2.C37H23N.C34H22N2.C29H19N/c1-2-12-28-25(10-1)11-9-19-36(28)40-41-23-27(24-42-40)26-20-21-32-31-15-5-7-17-34(31)38-33-16-6-3-13-29(33)30-14-4-8-18-35(30)39(38)37(32)22-26;1-2-10-24(11-3-1)27-18-19-38-36(22-27)33-23-35-29-15-7-6-14-28(29)32-20-25-12-4-5-13-26(25)21-34(32)37(35)31-17-9-8-16-30(31)33;1-3-10-25(11-4-1)32-22-33(36-34(35-32)26-12-5-2-6-13-26)27-16-15-24-18-19-29-28-14-8-7-9-23(28)17-20-30(29)31(24)21-27;1-2-8-20(9-3-1)22-16-17-30-29(18-22)28-19-27-23-11-5-4-10-21(23)14-15-26(27)24-12-6-7-13-25(24)28/h1-24H;1-23H;1-22H;1-19H. The molecule has 30 rings (SSSR count). The lowest BCUT2D eigenvalue weighted by Gasteiger charge is -2.17. The normalized spacial score (nSPS) is 11.6. The molecular formula is C140H88N6. The third kappa shape index (κ3) is 15.4. The van der Waals surface area contributed by atoms with E-state index in [1.54, 1.807) is 0 Å². The Hall–Kier alpha value is -19.4. The Morgan fingerprint density at radius 2 is 0.425 bits per heavy atom. The summed E-state index contributed by atoms with van der Waals surface area (Å²) in [5, 5.41) is 43.1. The van der Waals surface area contributed by atoms with E-state index < -0.39 is 0 Å². The first-order chi connectivity index (χ1) is 72.4. The van der Waals surface area contributed by atoms with Crippen LogP contribution in [0.4, 0.5) is 0 Å². The van der Waals surface area contributed by atoms with Crippen LogP contribution in [0.3, 0.4) is 0 Å². The third-order valence-corrected chi connectivity index (χ3v) is 29.4. The number of rotatable bonds is 9. The summed E-state index contributed by atoms with van der Waals surface area (Å²) in [6.45, 7) is 0. The van der Waals surface area contributed by atoms with E-state index in [-0.39, 0.29) is 0 Å². The van der Waals surface area contributed by atoms with Crippen molar-refractivity contribution in [3.05, 3.63) is 534 Å². The van der Waals surface area contributed by atoms with E-state index in [9.17, 15) is 0 Å². The van der Waals surface area contributed by atoms with Crippen molar-refractivity contribution in [3.8, 4) is 101 Å². The quantitative estimate of drug-likeness (QED) is 0.106. The lowest BCUT2D eigenvalue weighted by Crippen LogP contribution is -1.95. The molecule has 4 heterocycles. The molecule has 0 radical (unpaired) electrons. The minimum Gasteiger partial charge on any atom is -0.256 e. The van der Waals surface area contributed by atoms with Gasteiger partial charge in [0, 0.05) is 63.7 Å². The molecule has 0 saturated heterocycles. The summed E-state index contributed by atoms with van der Waals surface area (Å²) in [7, 11) is 0. The second kappa shape index (κ2) is 36.7. The molecule has 0 aliphatic carbocycles. The monoisotopic (exact) mass is 1850 g/mol. The molecule has 0 spiro atoms. The molecule has 4 aromatic heterocycles. The van der Waals surface area contributed by atoms with Gasteiger partial charge in [-0.3, -0.25) is 9.97 Å². The lowest BCUT2D eigenvalue weighted by molar-refractivity contribution is 1.18. The molecule has 0 fully saturated rings. The minimum atomic E-state index is 0.732. The van der Waals surface area contributed by atoms with Gasteiger partial charge in [-0.15, -0.1) is 0 Å². The molecular weight excluding hydrogens is 1770 g/mol. The zero-order valence-corrected chi connectivity index (χ0v) is 79.5. The number of aromatic nitrogens is 6. The van der Waals surface area contributed by atoms with Gasteiger partial charge in [-0.2, -0.15) is 0 Å². The minimum absolute atomic E-state index is 0.732. The van der Waals surface area contributed by atoms with Crippen LogP contribution >= 0.6 is 0 Å². The van der Waals surface area contributed by atoms with E-state index in [1.807, 2.05) is 67.3 Å². The van der Waals surface area contributed by atoms with Gasteiger partial charge in [0.25, 0.3) is 0 Å². The van der Waals surface area contributed by atoms with Crippen LogP contribution < -0.4 is 0 Å². The fourth-order valence-corrected chi connectivity index (χ4v) is 22.4. The van der Waals surface area contributed by atoms with Crippen molar-refractivity contribution in [2.75, 3.05) is 0 Å². The first kappa shape index (κ1) is 85.8. The second-order valence-corrected chi connectivity index (χ2v) is 37.7. The van der Waals surface area contributed by atoms with Crippen LogP contribution in [0.15, 0.2) is 534 Å². The highest BCUT2D eigenvalue weighted by Gasteiger charge is 2.23. The smallest absolute Gasteiger partial charge is 0.160 e. The molecule has 0 N–H and O–H groups in total. The molecule has 26 aromatic carbocycles. The molecule has 0 aliphatic rings. The van der Waals surface area contributed by atoms with Gasteiger partial charge in [-0.05, 0) is 278 Å². The maximum Gasteiger partial charge on any atom is 0.160 e. The fourth-order valence-electron chi connectivity index (χ4n) is 22.4. The summed E-state index contributed by atoms with van der Waals surface area (Å²) < 4.78 is 0. The number of pyridine rings is 2. The Morgan fingerprint density at radius 1 is 0.116 bits per heavy atom. The molecule has 0 bridgehead atoms. The Bertz CT molecular complexity index is 10400. The summed E-state index contributed by atoms with van der Waals surface area (Å²) in [5.74, 6) is 1.47. The van der Waals surface area contributed by atoms with Crippen LogP contribution in [-0.4, -0.2) is 29.9 Å². The molecule has 0 saturated carbocycles. The molecule has 30 aromatic rings. The number of fused-ring (bicyclic) bond motifs is 31. The predicted octanol–water partition coefficient (Wildman–Crippen LogP) is 37.7. The third-order valence-electron chi connectivity index (χ3n) is 29.4. The summed E-state index contributed by atoms with van der Waals surface area (Å²) in [4.78, 5) is 29.3. The maximum absolute atomic E-state index is 5.03. The highest BCUT2D eigenvalue weighted by molar-refractivity contribution is 6.40. The molecule has 6 heteroatoms. The topological polar surface area (TPSA) is 77.3 Å². The Kier molecular flexibility index (Phi) is 21.5. The van der Waals surface area contributed by atoms with Gasteiger partial charge in [0.15, 0.2) is 11.6 Å². The summed E-state index contributed by atoms with van der Waals surface area (Å²) in [6, 6.07) is 182.